The number of aliphatic carboxylic acids is 1. The minimum atomic E-state index is -1.10. The molecule has 0 heterocycles. The lowest BCUT2D eigenvalue weighted by molar-refractivity contribution is -0.138. The average Bonchev–Trinajstić information content (AvgIpc) is 2.55. The normalized spacial score (nSPS) is 11.5. The maximum atomic E-state index is 12.3. The number of hydrogen-bond donors (Lipinski definition) is 1. The Balaban J connectivity index is 2.14. The van der Waals surface area contributed by atoms with Crippen LogP contribution in [0.1, 0.15) is 12.5 Å². The van der Waals surface area contributed by atoms with E-state index in [2.05, 4.69) is 0 Å². The summed E-state index contributed by atoms with van der Waals surface area (Å²) in [4.78, 5) is 24.7. The van der Waals surface area contributed by atoms with E-state index in [0.29, 0.717) is 5.69 Å². The highest BCUT2D eigenvalue weighted by atomic mass is 16.6. The Kier molecular flexibility index (Phi) is 5.14. The lowest BCUT2D eigenvalue weighted by Crippen LogP contribution is -2.43. The van der Waals surface area contributed by atoms with E-state index in [0.717, 1.165) is 10.5 Å². The van der Waals surface area contributed by atoms with Gasteiger partial charge in [-0.25, -0.2) is 9.59 Å². The molecule has 2 rings (SSSR count). The smallest absolute Gasteiger partial charge is 0.415 e. The topological polar surface area (TPSA) is 66.8 Å². The van der Waals surface area contributed by atoms with Gasteiger partial charge in [0.25, 0.3) is 0 Å². The second kappa shape index (κ2) is 7.26. The number of carbonyl (C=O) groups excluding carboxylic acids is 1. The largest absolute Gasteiger partial charge is 0.480 e. The van der Waals surface area contributed by atoms with Crippen LogP contribution in [0.15, 0.2) is 60.7 Å². The van der Waals surface area contributed by atoms with Gasteiger partial charge in [0.15, 0.2) is 0 Å². The number of ether oxygens (including phenoxy) is 1. The minimum Gasteiger partial charge on any atom is -0.480 e. The van der Waals surface area contributed by atoms with Crippen molar-refractivity contribution in [3.8, 4) is 0 Å². The Morgan fingerprint density at radius 1 is 1.05 bits per heavy atom. The third-order valence-electron chi connectivity index (χ3n) is 3.18. The van der Waals surface area contributed by atoms with Crippen LogP contribution in [-0.2, 0) is 16.1 Å². The van der Waals surface area contributed by atoms with Crippen molar-refractivity contribution in [2.24, 2.45) is 0 Å². The predicted octanol–water partition coefficient (Wildman–Crippen LogP) is 3.30. The van der Waals surface area contributed by atoms with Crippen LogP contribution in [0.2, 0.25) is 0 Å². The predicted molar refractivity (Wildman–Crippen MR) is 82.6 cm³/mol. The van der Waals surface area contributed by atoms with Crippen LogP contribution in [0.5, 0.6) is 0 Å². The highest BCUT2D eigenvalue weighted by Crippen LogP contribution is 2.18. The van der Waals surface area contributed by atoms with Gasteiger partial charge in [-0.15, -0.1) is 0 Å². The van der Waals surface area contributed by atoms with E-state index in [1.165, 1.54) is 6.92 Å². The number of carboxylic acid groups (broad SMARTS) is 1. The van der Waals surface area contributed by atoms with E-state index in [-0.39, 0.29) is 6.61 Å². The molecule has 0 aromatic heterocycles. The van der Waals surface area contributed by atoms with Gasteiger partial charge in [-0.05, 0) is 24.6 Å². The molecule has 1 amide bonds. The standard InChI is InChI=1S/C17H17NO4/c1-13(16(19)20)18(15-10-6-3-7-11-15)17(21)22-12-14-8-4-2-5-9-14/h2-11,13H,12H2,1H3,(H,19,20)/t13-/m0/s1. The summed E-state index contributed by atoms with van der Waals surface area (Å²) in [5.41, 5.74) is 1.32. The van der Waals surface area contributed by atoms with E-state index in [1.54, 1.807) is 30.3 Å². The third-order valence-corrected chi connectivity index (χ3v) is 3.18. The van der Waals surface area contributed by atoms with E-state index < -0.39 is 18.1 Å². The first-order chi connectivity index (χ1) is 10.6. The van der Waals surface area contributed by atoms with E-state index in [9.17, 15) is 14.7 Å². The highest BCUT2D eigenvalue weighted by Gasteiger charge is 2.28. The van der Waals surface area contributed by atoms with Gasteiger partial charge in [0, 0.05) is 5.69 Å². The molecule has 0 unspecified atom stereocenters. The van der Waals surface area contributed by atoms with Crippen LogP contribution in [0.25, 0.3) is 0 Å². The molecule has 0 saturated carbocycles. The summed E-state index contributed by atoms with van der Waals surface area (Å²) in [6.07, 6.45) is -0.690. The van der Waals surface area contributed by atoms with Crippen molar-refractivity contribution in [1.29, 1.82) is 0 Å². The molecule has 22 heavy (non-hydrogen) atoms. The quantitative estimate of drug-likeness (QED) is 0.920. The van der Waals surface area contributed by atoms with Crippen LogP contribution < -0.4 is 4.90 Å². The number of carbonyl (C=O) groups is 2. The molecule has 2 aromatic rings. The molecule has 0 aliphatic heterocycles. The molecule has 0 radical (unpaired) electrons. The number of rotatable bonds is 5. The summed E-state index contributed by atoms with van der Waals surface area (Å²) >= 11 is 0. The molecule has 0 aliphatic carbocycles. The van der Waals surface area contributed by atoms with Gasteiger partial charge in [-0.3, -0.25) is 4.90 Å². The number of carboxylic acids is 1. The monoisotopic (exact) mass is 299 g/mol. The number of amides is 1. The summed E-state index contributed by atoms with van der Waals surface area (Å²) in [7, 11) is 0. The van der Waals surface area contributed by atoms with E-state index in [4.69, 9.17) is 4.74 Å². The Labute approximate surface area is 128 Å². The van der Waals surface area contributed by atoms with Gasteiger partial charge in [-0.2, -0.15) is 0 Å². The maximum absolute atomic E-state index is 12.3. The fourth-order valence-corrected chi connectivity index (χ4v) is 1.98. The van der Waals surface area contributed by atoms with Crippen LogP contribution in [0.3, 0.4) is 0 Å². The van der Waals surface area contributed by atoms with Crippen LogP contribution >= 0.6 is 0 Å². The molecule has 0 spiro atoms. The Bertz CT molecular complexity index is 628. The van der Waals surface area contributed by atoms with Crippen molar-refractivity contribution in [1.82, 2.24) is 0 Å². The van der Waals surface area contributed by atoms with Crippen molar-refractivity contribution in [3.63, 3.8) is 0 Å². The second-order valence-corrected chi connectivity index (χ2v) is 4.76. The van der Waals surface area contributed by atoms with Crippen molar-refractivity contribution in [2.75, 3.05) is 4.90 Å². The van der Waals surface area contributed by atoms with Gasteiger partial charge >= 0.3 is 12.1 Å². The molecule has 5 heteroatoms. The van der Waals surface area contributed by atoms with Crippen molar-refractivity contribution < 1.29 is 19.4 Å². The number of para-hydroxylation sites is 1. The fraction of sp³-hybridized carbons (Fsp3) is 0.176. The zero-order valence-electron chi connectivity index (χ0n) is 12.2. The number of hydrogen-bond acceptors (Lipinski definition) is 3. The molecule has 0 fully saturated rings. The van der Waals surface area contributed by atoms with Gasteiger partial charge in [0.2, 0.25) is 0 Å². The number of benzene rings is 2. The van der Waals surface area contributed by atoms with Crippen LogP contribution in [0.4, 0.5) is 10.5 Å². The third kappa shape index (κ3) is 3.85. The Hall–Kier alpha value is -2.82. The summed E-state index contributed by atoms with van der Waals surface area (Å²) in [6, 6.07) is 16.8. The zero-order valence-corrected chi connectivity index (χ0v) is 12.2. The molecular weight excluding hydrogens is 282 g/mol. The van der Waals surface area contributed by atoms with E-state index >= 15 is 0 Å². The molecule has 0 aliphatic rings. The molecule has 0 saturated heterocycles. The van der Waals surface area contributed by atoms with Gasteiger partial charge in [-0.1, -0.05) is 48.5 Å². The van der Waals surface area contributed by atoms with Crippen molar-refractivity contribution in [3.05, 3.63) is 66.2 Å². The lowest BCUT2D eigenvalue weighted by atomic mass is 10.2. The van der Waals surface area contributed by atoms with Gasteiger partial charge < -0.3 is 9.84 Å². The molecule has 2 aromatic carbocycles. The second-order valence-electron chi connectivity index (χ2n) is 4.76. The van der Waals surface area contributed by atoms with Crippen LogP contribution in [-0.4, -0.2) is 23.2 Å². The highest BCUT2D eigenvalue weighted by molar-refractivity contribution is 5.94. The maximum Gasteiger partial charge on any atom is 0.415 e. The summed E-state index contributed by atoms with van der Waals surface area (Å²) < 4.78 is 5.24. The Morgan fingerprint density at radius 2 is 1.59 bits per heavy atom. The number of anilines is 1. The Morgan fingerprint density at radius 3 is 2.14 bits per heavy atom. The first kappa shape index (κ1) is 15.6. The summed E-state index contributed by atoms with van der Waals surface area (Å²) in [5.74, 6) is -1.10. The van der Waals surface area contributed by atoms with E-state index in [1.807, 2.05) is 30.3 Å². The zero-order chi connectivity index (χ0) is 15.9. The first-order valence-corrected chi connectivity index (χ1v) is 6.87. The average molecular weight is 299 g/mol. The summed E-state index contributed by atoms with van der Waals surface area (Å²) in [6.45, 7) is 1.54. The lowest BCUT2D eigenvalue weighted by Gasteiger charge is -2.25. The summed E-state index contributed by atoms with van der Waals surface area (Å²) in [5, 5.41) is 9.20. The number of nitrogens with zero attached hydrogens (tertiary/aromatic N) is 1. The molecule has 5 nitrogen and oxygen atoms in total. The van der Waals surface area contributed by atoms with Gasteiger partial charge in [0.1, 0.15) is 12.6 Å². The molecule has 1 N–H and O–H groups in total. The molecular formula is C17H17NO4. The SMILES string of the molecule is C[C@@H](C(=O)O)N(C(=O)OCc1ccccc1)c1ccccc1. The first-order valence-electron chi connectivity index (χ1n) is 6.87. The molecule has 0 bridgehead atoms. The van der Waals surface area contributed by atoms with Crippen molar-refractivity contribution >= 4 is 17.7 Å². The fourth-order valence-electron chi connectivity index (χ4n) is 1.98. The van der Waals surface area contributed by atoms with Crippen molar-refractivity contribution in [2.45, 2.75) is 19.6 Å². The van der Waals surface area contributed by atoms with Gasteiger partial charge in [0.05, 0.1) is 0 Å². The molecule has 114 valence electrons. The molecule has 1 atom stereocenters. The minimum absolute atomic E-state index is 0.0926. The van der Waals surface area contributed by atoms with Crippen LogP contribution in [0, 0.1) is 0 Å².